The highest BCUT2D eigenvalue weighted by atomic mass is 14.5. The van der Waals surface area contributed by atoms with Gasteiger partial charge in [0, 0.05) is 5.92 Å². The van der Waals surface area contributed by atoms with Gasteiger partial charge in [0.05, 0.1) is 0 Å². The van der Waals surface area contributed by atoms with Gasteiger partial charge in [-0.25, -0.2) is 0 Å². The van der Waals surface area contributed by atoms with Crippen LogP contribution in [-0.4, -0.2) is 6.54 Å². The fourth-order valence-electron chi connectivity index (χ4n) is 2.71. The summed E-state index contributed by atoms with van der Waals surface area (Å²) in [5.41, 5.74) is 11.3. The van der Waals surface area contributed by atoms with E-state index in [1.54, 1.807) is 0 Å². The number of rotatable bonds is 4. The molecule has 0 amide bonds. The van der Waals surface area contributed by atoms with Crippen molar-refractivity contribution in [3.8, 4) is 0 Å². The van der Waals surface area contributed by atoms with Gasteiger partial charge >= 0.3 is 0 Å². The van der Waals surface area contributed by atoms with Crippen LogP contribution < -0.4 is 5.73 Å². The predicted molar refractivity (Wildman–Crippen MR) is 82.4 cm³/mol. The van der Waals surface area contributed by atoms with Crippen LogP contribution in [0.4, 0.5) is 0 Å². The lowest BCUT2D eigenvalue weighted by Crippen LogP contribution is -2.20. The van der Waals surface area contributed by atoms with Crippen molar-refractivity contribution >= 4 is 0 Å². The van der Waals surface area contributed by atoms with E-state index < -0.39 is 0 Å². The Morgan fingerprint density at radius 2 is 1.37 bits per heavy atom. The zero-order chi connectivity index (χ0) is 13.8. The fourth-order valence-corrected chi connectivity index (χ4v) is 2.71. The smallest absolute Gasteiger partial charge is 0.0127 e. The average Bonchev–Trinajstić information content (AvgIpc) is 2.39. The first-order chi connectivity index (χ1) is 9.11. The third kappa shape index (κ3) is 3.24. The van der Waals surface area contributed by atoms with Crippen molar-refractivity contribution in [1.29, 1.82) is 0 Å². The Balaban J connectivity index is 2.47. The highest BCUT2D eigenvalue weighted by Crippen LogP contribution is 2.32. The molecule has 0 bridgehead atoms. The van der Waals surface area contributed by atoms with Gasteiger partial charge in [-0.05, 0) is 37.4 Å². The van der Waals surface area contributed by atoms with Crippen molar-refractivity contribution < 1.29 is 0 Å². The summed E-state index contributed by atoms with van der Waals surface area (Å²) in [6.07, 6.45) is 0. The maximum absolute atomic E-state index is 5.92. The third-order valence-corrected chi connectivity index (χ3v) is 3.74. The molecule has 1 atom stereocenters. The summed E-state index contributed by atoms with van der Waals surface area (Å²) in [6, 6.07) is 17.5. The Labute approximate surface area is 116 Å². The molecule has 1 nitrogen and oxygen atoms in total. The Bertz CT molecular complexity index is 499. The largest absolute Gasteiger partial charge is 0.330 e. The lowest BCUT2D eigenvalue weighted by Gasteiger charge is -2.24. The maximum atomic E-state index is 5.92. The van der Waals surface area contributed by atoms with Crippen molar-refractivity contribution in [2.24, 2.45) is 11.7 Å². The summed E-state index contributed by atoms with van der Waals surface area (Å²) in [7, 11) is 0. The number of aryl methyl sites for hydroxylation is 2. The van der Waals surface area contributed by atoms with E-state index in [4.69, 9.17) is 5.73 Å². The minimum absolute atomic E-state index is 0.379. The standard InChI is InChI=1S/C18H23N/c1-13-6-4-8-16(10-13)18(15(3)12-19)17-9-5-7-14(2)11-17/h4-11,15,18H,12,19H2,1-3H3. The second-order valence-corrected chi connectivity index (χ2v) is 5.52. The van der Waals surface area contributed by atoms with E-state index in [0.717, 1.165) is 0 Å². The van der Waals surface area contributed by atoms with Crippen molar-refractivity contribution in [3.63, 3.8) is 0 Å². The van der Waals surface area contributed by atoms with Crippen LogP contribution in [-0.2, 0) is 0 Å². The third-order valence-electron chi connectivity index (χ3n) is 3.74. The quantitative estimate of drug-likeness (QED) is 0.874. The van der Waals surface area contributed by atoms with Crippen LogP contribution in [0.3, 0.4) is 0 Å². The molecule has 0 aliphatic carbocycles. The lowest BCUT2D eigenvalue weighted by atomic mass is 9.81. The second-order valence-electron chi connectivity index (χ2n) is 5.52. The van der Waals surface area contributed by atoms with Crippen LogP contribution in [0.15, 0.2) is 48.5 Å². The lowest BCUT2D eigenvalue weighted by molar-refractivity contribution is 0.523. The van der Waals surface area contributed by atoms with Crippen molar-refractivity contribution in [2.45, 2.75) is 26.7 Å². The first kappa shape index (κ1) is 13.8. The Hall–Kier alpha value is -1.60. The summed E-state index contributed by atoms with van der Waals surface area (Å²) >= 11 is 0. The van der Waals surface area contributed by atoms with Crippen LogP contribution in [0.5, 0.6) is 0 Å². The van der Waals surface area contributed by atoms with Crippen molar-refractivity contribution in [1.82, 2.24) is 0 Å². The van der Waals surface area contributed by atoms with Crippen LogP contribution in [0.1, 0.15) is 35.1 Å². The number of hydrogen-bond donors (Lipinski definition) is 1. The molecule has 0 aliphatic rings. The molecule has 2 aromatic rings. The molecular formula is C18H23N. The number of nitrogens with two attached hydrogens (primary N) is 1. The maximum Gasteiger partial charge on any atom is 0.0127 e. The van der Waals surface area contributed by atoms with Gasteiger partial charge in [-0.3, -0.25) is 0 Å². The molecule has 2 rings (SSSR count). The highest BCUT2D eigenvalue weighted by Gasteiger charge is 2.20. The molecule has 0 fully saturated rings. The van der Waals surface area contributed by atoms with Crippen LogP contribution in [0.2, 0.25) is 0 Å². The molecule has 2 aromatic carbocycles. The minimum Gasteiger partial charge on any atom is -0.330 e. The van der Waals surface area contributed by atoms with Gasteiger partial charge in [0.15, 0.2) is 0 Å². The molecule has 19 heavy (non-hydrogen) atoms. The van der Waals surface area contributed by atoms with Gasteiger partial charge < -0.3 is 5.73 Å². The molecule has 1 unspecified atom stereocenters. The van der Waals surface area contributed by atoms with Gasteiger partial charge in [-0.1, -0.05) is 66.6 Å². The molecule has 0 saturated heterocycles. The summed E-state index contributed by atoms with van der Waals surface area (Å²) in [6.45, 7) is 7.22. The monoisotopic (exact) mass is 253 g/mol. The van der Waals surface area contributed by atoms with E-state index in [1.807, 2.05) is 0 Å². The fraction of sp³-hybridized carbons (Fsp3) is 0.333. The van der Waals surface area contributed by atoms with Gasteiger partial charge in [-0.15, -0.1) is 0 Å². The molecule has 0 saturated carbocycles. The molecular weight excluding hydrogens is 230 g/mol. The topological polar surface area (TPSA) is 26.0 Å². The first-order valence-corrected chi connectivity index (χ1v) is 6.95. The number of benzene rings is 2. The predicted octanol–water partition coefficient (Wildman–Crippen LogP) is 4.03. The van der Waals surface area contributed by atoms with Crippen molar-refractivity contribution in [3.05, 3.63) is 70.8 Å². The summed E-state index contributed by atoms with van der Waals surface area (Å²) in [5, 5.41) is 0. The zero-order valence-electron chi connectivity index (χ0n) is 12.1. The van der Waals surface area contributed by atoms with E-state index in [9.17, 15) is 0 Å². The molecule has 0 aliphatic heterocycles. The minimum atomic E-state index is 0.379. The van der Waals surface area contributed by atoms with E-state index in [2.05, 4.69) is 69.3 Å². The van der Waals surface area contributed by atoms with Crippen LogP contribution in [0, 0.1) is 19.8 Å². The molecule has 1 heteroatoms. The molecule has 0 heterocycles. The Morgan fingerprint density at radius 3 is 1.74 bits per heavy atom. The highest BCUT2D eigenvalue weighted by molar-refractivity contribution is 5.37. The second kappa shape index (κ2) is 6.03. The van der Waals surface area contributed by atoms with Crippen LogP contribution >= 0.6 is 0 Å². The van der Waals surface area contributed by atoms with Gasteiger partial charge in [0.2, 0.25) is 0 Å². The zero-order valence-corrected chi connectivity index (χ0v) is 12.1. The number of hydrogen-bond acceptors (Lipinski definition) is 1. The normalized spacial score (nSPS) is 12.7. The van der Waals surface area contributed by atoms with E-state index >= 15 is 0 Å². The molecule has 0 radical (unpaired) electrons. The molecule has 2 N–H and O–H groups in total. The summed E-state index contributed by atoms with van der Waals surface area (Å²) in [4.78, 5) is 0. The summed E-state index contributed by atoms with van der Waals surface area (Å²) < 4.78 is 0. The van der Waals surface area contributed by atoms with Crippen molar-refractivity contribution in [2.75, 3.05) is 6.54 Å². The van der Waals surface area contributed by atoms with Crippen LogP contribution in [0.25, 0.3) is 0 Å². The first-order valence-electron chi connectivity index (χ1n) is 6.95. The molecule has 100 valence electrons. The molecule has 0 aromatic heterocycles. The van der Waals surface area contributed by atoms with Gasteiger partial charge in [-0.2, -0.15) is 0 Å². The van der Waals surface area contributed by atoms with E-state index in [1.165, 1.54) is 22.3 Å². The summed E-state index contributed by atoms with van der Waals surface area (Å²) in [5.74, 6) is 0.813. The van der Waals surface area contributed by atoms with E-state index in [0.29, 0.717) is 18.4 Å². The Kier molecular flexibility index (Phi) is 4.39. The average molecular weight is 253 g/mol. The van der Waals surface area contributed by atoms with E-state index in [-0.39, 0.29) is 0 Å². The van der Waals surface area contributed by atoms with Gasteiger partial charge in [0.1, 0.15) is 0 Å². The van der Waals surface area contributed by atoms with Gasteiger partial charge in [0.25, 0.3) is 0 Å². The molecule has 0 spiro atoms. The Morgan fingerprint density at radius 1 is 0.895 bits per heavy atom. The SMILES string of the molecule is Cc1cccc(C(c2cccc(C)c2)C(C)CN)c1.